The summed E-state index contributed by atoms with van der Waals surface area (Å²) in [5.41, 5.74) is -6.06. The Bertz CT molecular complexity index is 1390. The average Bonchev–Trinajstić information content (AvgIpc) is 3.22. The van der Waals surface area contributed by atoms with Gasteiger partial charge in [0, 0.05) is 35.5 Å². The highest BCUT2D eigenvalue weighted by Gasteiger charge is 2.77. The van der Waals surface area contributed by atoms with Crippen molar-refractivity contribution in [1.82, 2.24) is 0 Å². The Labute approximate surface area is 276 Å². The number of nitrogens with zero attached hydrogens (tertiary/aromatic N) is 2. The van der Waals surface area contributed by atoms with Gasteiger partial charge in [-0.25, -0.2) is 4.39 Å². The molecule has 15 nitrogen and oxygen atoms in total. The van der Waals surface area contributed by atoms with Gasteiger partial charge in [0.1, 0.15) is 0 Å². The van der Waals surface area contributed by atoms with E-state index in [0.29, 0.717) is 24.8 Å². The zero-order valence-electron chi connectivity index (χ0n) is 27.4. The summed E-state index contributed by atoms with van der Waals surface area (Å²) in [5.74, 6) is -4.54. The van der Waals surface area contributed by atoms with Gasteiger partial charge in [0.15, 0.2) is 23.7 Å². The highest BCUT2D eigenvalue weighted by Crippen LogP contribution is 2.71. The van der Waals surface area contributed by atoms with E-state index in [1.54, 1.807) is 20.8 Å². The molecule has 0 aliphatic heterocycles. The van der Waals surface area contributed by atoms with Gasteiger partial charge in [-0.3, -0.25) is 19.2 Å². The number of rotatable bonds is 16. The van der Waals surface area contributed by atoms with E-state index in [1.807, 2.05) is 0 Å². The smallest absolute Gasteiger partial charge is 0.306 e. The zero-order chi connectivity index (χ0) is 35.5. The molecule has 0 radical (unpaired) electrons. The number of halogens is 1. The van der Waals surface area contributed by atoms with Gasteiger partial charge in [-0.2, -0.15) is 0 Å². The fraction of sp³-hybridized carbons (Fsp3) is 0.750. The van der Waals surface area contributed by atoms with E-state index in [9.17, 15) is 44.5 Å². The quantitative estimate of drug-likeness (QED) is 0.106. The van der Waals surface area contributed by atoms with Crippen LogP contribution >= 0.6 is 0 Å². The van der Waals surface area contributed by atoms with Gasteiger partial charge < -0.3 is 24.3 Å². The molecule has 4 aliphatic rings. The molecule has 0 aromatic heterocycles. The number of esters is 2. The van der Waals surface area contributed by atoms with Crippen LogP contribution in [0.3, 0.4) is 0 Å². The maximum Gasteiger partial charge on any atom is 0.306 e. The molecule has 3 saturated carbocycles. The second-order valence-electron chi connectivity index (χ2n) is 13.7. The number of alkyl halides is 1. The molecule has 0 heterocycles. The summed E-state index contributed by atoms with van der Waals surface area (Å²) in [6, 6.07) is 0. The first-order valence-corrected chi connectivity index (χ1v) is 16.3. The molecule has 4 aliphatic carbocycles. The maximum absolute atomic E-state index is 17.7. The lowest BCUT2D eigenvalue weighted by Crippen LogP contribution is -2.70. The number of unbranched alkanes of at least 4 members (excludes halogenated alkanes) is 2. The number of hydrogen-bond donors (Lipinski definition) is 1. The summed E-state index contributed by atoms with van der Waals surface area (Å²) in [5, 5.41) is 30.6. The molecule has 0 saturated heterocycles. The minimum atomic E-state index is -2.19. The number of carbonyl (C=O) groups is 4. The molecule has 2 unspecified atom stereocenters. The van der Waals surface area contributed by atoms with Gasteiger partial charge in [-0.1, -0.05) is 31.9 Å². The predicted molar refractivity (Wildman–Crippen MR) is 161 cm³/mol. The molecule has 266 valence electrons. The molecule has 0 amide bonds. The van der Waals surface area contributed by atoms with Crippen LogP contribution in [0.25, 0.3) is 0 Å². The third-order valence-electron chi connectivity index (χ3n) is 11.2. The van der Waals surface area contributed by atoms with E-state index in [4.69, 9.17) is 9.47 Å². The Morgan fingerprint density at radius 2 is 1.65 bits per heavy atom. The van der Waals surface area contributed by atoms with Gasteiger partial charge in [0.05, 0.1) is 19.3 Å². The van der Waals surface area contributed by atoms with Crippen LogP contribution in [0, 0.1) is 48.8 Å². The van der Waals surface area contributed by atoms with Crippen LogP contribution in [0.2, 0.25) is 0 Å². The van der Waals surface area contributed by atoms with Crippen molar-refractivity contribution in [2.24, 2.45) is 28.6 Å². The van der Waals surface area contributed by atoms with E-state index in [0.717, 1.165) is 0 Å². The fourth-order valence-corrected chi connectivity index (χ4v) is 9.00. The molecule has 16 heteroatoms. The Morgan fingerprint density at radius 1 is 1.00 bits per heavy atom. The van der Waals surface area contributed by atoms with Crippen LogP contribution in [0.5, 0.6) is 0 Å². The molecule has 4 rings (SSSR count). The van der Waals surface area contributed by atoms with Gasteiger partial charge in [0.2, 0.25) is 5.78 Å². The predicted octanol–water partition coefficient (Wildman–Crippen LogP) is 3.75. The van der Waals surface area contributed by atoms with Crippen molar-refractivity contribution in [3.8, 4) is 0 Å². The van der Waals surface area contributed by atoms with Crippen LogP contribution < -0.4 is 0 Å². The normalized spacial score (nSPS) is 34.9. The second kappa shape index (κ2) is 14.3. The van der Waals surface area contributed by atoms with Gasteiger partial charge >= 0.3 is 11.9 Å². The maximum atomic E-state index is 17.7. The van der Waals surface area contributed by atoms with Gasteiger partial charge in [0.25, 0.3) is 10.2 Å². The lowest BCUT2D eigenvalue weighted by atomic mass is 9.44. The molecule has 8 atom stereocenters. The third kappa shape index (κ3) is 6.54. The molecule has 0 aromatic carbocycles. The van der Waals surface area contributed by atoms with Crippen molar-refractivity contribution in [2.45, 2.75) is 102 Å². The van der Waals surface area contributed by atoms with Crippen molar-refractivity contribution >= 4 is 23.5 Å². The second-order valence-corrected chi connectivity index (χ2v) is 13.7. The number of ketones is 2. The SMILES string of the molecule is C[C@H]1CC2C3CCC4=CC(=O)C=C[C@]4(C)[C@@]3(F)[C@@H](O)C[C@]2(C)[C@@]1(OC(=O)CCCCCO[N+](=O)[O-])C(=O)COC(=O)CCCO[N+](=O)[O-]. The van der Waals surface area contributed by atoms with Gasteiger partial charge in [-0.05, 0) is 69.9 Å². The standard InChI is InChI=1S/C32H43FN2O13/c1-20-16-24-23-11-10-21-17-22(36)12-13-29(21,2)31(23,33)25(37)18-30(24,3)32(20,48-28(40)8-5-4-6-14-46-34(41)42)26(38)19-45-27(39)9-7-15-47-35(43)44/h12-13,17,20,23-25,37H,4-11,14-16,18-19H2,1-3H3/t20-,23?,24?,25-,29-,30-,31-,32-/m0/s1. The largest absolute Gasteiger partial charge is 0.457 e. The monoisotopic (exact) mass is 682 g/mol. The van der Waals surface area contributed by atoms with Crippen molar-refractivity contribution in [2.75, 3.05) is 19.8 Å². The third-order valence-corrected chi connectivity index (χ3v) is 11.2. The van der Waals surface area contributed by atoms with Crippen molar-refractivity contribution in [3.63, 3.8) is 0 Å². The molecule has 48 heavy (non-hydrogen) atoms. The molecule has 0 bridgehead atoms. The summed E-state index contributed by atoms with van der Waals surface area (Å²) < 4.78 is 29.0. The molecular formula is C32H43FN2O13. The first-order valence-electron chi connectivity index (χ1n) is 16.3. The number of aliphatic hydroxyl groups is 1. The molecular weight excluding hydrogens is 639 g/mol. The van der Waals surface area contributed by atoms with Crippen LogP contribution in [0.1, 0.15) is 85.0 Å². The van der Waals surface area contributed by atoms with E-state index in [2.05, 4.69) is 9.68 Å². The first kappa shape index (κ1) is 36.9. The average molecular weight is 683 g/mol. The number of Topliss-reactive ketones (excluding diaryl/α,β-unsaturated/α-hetero) is 1. The molecule has 0 spiro atoms. The summed E-state index contributed by atoms with van der Waals surface area (Å²) in [4.78, 5) is 81.5. The zero-order valence-corrected chi connectivity index (χ0v) is 27.4. The first-order chi connectivity index (χ1) is 22.5. The van der Waals surface area contributed by atoms with Crippen molar-refractivity contribution in [3.05, 3.63) is 44.0 Å². The van der Waals surface area contributed by atoms with Crippen molar-refractivity contribution in [1.29, 1.82) is 0 Å². The Balaban J connectivity index is 1.60. The summed E-state index contributed by atoms with van der Waals surface area (Å²) in [6.07, 6.45) is 3.84. The van der Waals surface area contributed by atoms with E-state index >= 15 is 4.39 Å². The number of hydrogen-bond acceptors (Lipinski definition) is 13. The fourth-order valence-electron chi connectivity index (χ4n) is 9.00. The van der Waals surface area contributed by atoms with E-state index < -0.39 is 80.5 Å². The Kier molecular flexibility index (Phi) is 11.0. The van der Waals surface area contributed by atoms with Crippen LogP contribution in [-0.2, 0) is 38.3 Å². The topological polar surface area (TPSA) is 212 Å². The summed E-state index contributed by atoms with van der Waals surface area (Å²) in [6.45, 7) is 3.80. The number of fused-ring (bicyclic) bond motifs is 5. The highest BCUT2D eigenvalue weighted by molar-refractivity contribution is 6.01. The van der Waals surface area contributed by atoms with Crippen LogP contribution in [-0.4, -0.2) is 76.0 Å². The van der Waals surface area contributed by atoms with Crippen molar-refractivity contribution < 1.29 is 58.0 Å². The number of carbonyl (C=O) groups excluding carboxylic acids is 4. The minimum Gasteiger partial charge on any atom is -0.457 e. The number of allylic oxidation sites excluding steroid dienone is 4. The Hall–Kier alpha value is -3.95. The number of ether oxygens (including phenoxy) is 2. The minimum absolute atomic E-state index is 0.0429. The number of aliphatic hydroxyl groups excluding tert-OH is 1. The van der Waals surface area contributed by atoms with E-state index in [-0.39, 0.29) is 63.9 Å². The highest BCUT2D eigenvalue weighted by atomic mass is 19.1. The Morgan fingerprint density at radius 3 is 2.31 bits per heavy atom. The molecule has 0 aromatic rings. The molecule has 3 fully saturated rings. The lowest BCUT2D eigenvalue weighted by Gasteiger charge is -2.62. The summed E-state index contributed by atoms with van der Waals surface area (Å²) in [7, 11) is 0. The lowest BCUT2D eigenvalue weighted by molar-refractivity contribution is -0.757. The summed E-state index contributed by atoms with van der Waals surface area (Å²) >= 11 is 0. The van der Waals surface area contributed by atoms with E-state index in [1.165, 1.54) is 18.2 Å². The van der Waals surface area contributed by atoms with Crippen LogP contribution in [0.4, 0.5) is 4.39 Å². The van der Waals surface area contributed by atoms with Crippen LogP contribution in [0.15, 0.2) is 23.8 Å². The molecule has 1 N–H and O–H groups in total. The van der Waals surface area contributed by atoms with Gasteiger partial charge in [-0.15, -0.1) is 20.2 Å².